The summed E-state index contributed by atoms with van der Waals surface area (Å²) in [6.07, 6.45) is 2.61. The molecule has 0 aliphatic rings. The van der Waals surface area contributed by atoms with Crippen molar-refractivity contribution >= 4 is 16.6 Å². The Labute approximate surface area is 119 Å². The number of hydrogen-bond acceptors (Lipinski definition) is 5. The van der Waals surface area contributed by atoms with Gasteiger partial charge >= 0.3 is 0 Å². The van der Waals surface area contributed by atoms with Gasteiger partial charge in [0.25, 0.3) is 0 Å². The van der Waals surface area contributed by atoms with Gasteiger partial charge < -0.3 is 20.5 Å². The van der Waals surface area contributed by atoms with Crippen LogP contribution in [0.15, 0.2) is 30.5 Å². The molecule has 0 amide bonds. The molecular weight excluding hydrogens is 254 g/mol. The number of nitrogens with two attached hydrogens (primary N) is 1. The second-order valence-electron chi connectivity index (χ2n) is 4.65. The minimum absolute atomic E-state index is 0.0389. The fourth-order valence-electron chi connectivity index (χ4n) is 2.17. The highest BCUT2D eigenvalue weighted by molar-refractivity contribution is 5.95. The van der Waals surface area contributed by atoms with Crippen molar-refractivity contribution in [1.82, 2.24) is 4.98 Å². The number of benzene rings is 1. The molecule has 1 atom stereocenters. The Morgan fingerprint density at radius 1 is 1.25 bits per heavy atom. The molecule has 0 saturated heterocycles. The van der Waals surface area contributed by atoms with Crippen LogP contribution in [0.3, 0.4) is 0 Å². The average molecular weight is 275 g/mol. The van der Waals surface area contributed by atoms with Crippen LogP contribution in [0.1, 0.15) is 6.42 Å². The van der Waals surface area contributed by atoms with E-state index in [9.17, 15) is 0 Å². The molecule has 0 fully saturated rings. The SMILES string of the molecule is COCC(N)CCNc1nccc2c(OC)cccc12. The molecule has 20 heavy (non-hydrogen) atoms. The first-order chi connectivity index (χ1) is 9.76. The lowest BCUT2D eigenvalue weighted by atomic mass is 10.1. The standard InChI is InChI=1S/C15H21N3O2/c1-19-10-11(16)6-8-17-15-13-4-3-5-14(20-2)12(13)7-9-18-15/h3-5,7,9,11H,6,8,10,16H2,1-2H3,(H,17,18). The Balaban J connectivity index is 2.10. The maximum atomic E-state index is 5.90. The highest BCUT2D eigenvalue weighted by Crippen LogP contribution is 2.28. The Kier molecular flexibility index (Phi) is 5.15. The second kappa shape index (κ2) is 7.07. The Morgan fingerprint density at radius 3 is 2.85 bits per heavy atom. The Hall–Kier alpha value is -1.85. The minimum atomic E-state index is 0.0389. The van der Waals surface area contributed by atoms with Crippen LogP contribution in [0.4, 0.5) is 5.82 Å². The molecule has 1 unspecified atom stereocenters. The smallest absolute Gasteiger partial charge is 0.133 e. The molecule has 2 rings (SSSR count). The van der Waals surface area contributed by atoms with Gasteiger partial charge in [0.05, 0.1) is 13.7 Å². The topological polar surface area (TPSA) is 69.4 Å². The quantitative estimate of drug-likeness (QED) is 0.809. The van der Waals surface area contributed by atoms with E-state index in [1.54, 1.807) is 20.4 Å². The highest BCUT2D eigenvalue weighted by Gasteiger charge is 2.07. The summed E-state index contributed by atoms with van der Waals surface area (Å²) in [6.45, 7) is 1.33. The van der Waals surface area contributed by atoms with Gasteiger partial charge in [-0.05, 0) is 18.6 Å². The summed E-state index contributed by atoms with van der Waals surface area (Å²) in [5, 5.41) is 5.42. The molecule has 0 aliphatic carbocycles. The van der Waals surface area contributed by atoms with Crippen molar-refractivity contribution in [2.24, 2.45) is 5.73 Å². The van der Waals surface area contributed by atoms with Crippen LogP contribution in [0.2, 0.25) is 0 Å². The highest BCUT2D eigenvalue weighted by atomic mass is 16.5. The second-order valence-corrected chi connectivity index (χ2v) is 4.65. The zero-order chi connectivity index (χ0) is 14.4. The van der Waals surface area contributed by atoms with Gasteiger partial charge in [-0.1, -0.05) is 12.1 Å². The molecule has 5 heteroatoms. The van der Waals surface area contributed by atoms with Crippen molar-refractivity contribution in [2.45, 2.75) is 12.5 Å². The number of pyridine rings is 1. The summed E-state index contributed by atoms with van der Waals surface area (Å²) in [4.78, 5) is 4.39. The van der Waals surface area contributed by atoms with E-state index < -0.39 is 0 Å². The zero-order valence-electron chi connectivity index (χ0n) is 11.9. The number of ether oxygens (including phenoxy) is 2. The summed E-state index contributed by atoms with van der Waals surface area (Å²) in [5.74, 6) is 1.70. The van der Waals surface area contributed by atoms with Crippen LogP contribution in [-0.2, 0) is 4.74 Å². The minimum Gasteiger partial charge on any atom is -0.496 e. The summed E-state index contributed by atoms with van der Waals surface area (Å²) in [6, 6.07) is 7.93. The lowest BCUT2D eigenvalue weighted by Gasteiger charge is -2.13. The van der Waals surface area contributed by atoms with E-state index in [1.165, 1.54) is 0 Å². The first-order valence-corrected chi connectivity index (χ1v) is 6.66. The van der Waals surface area contributed by atoms with Crippen LogP contribution in [0, 0.1) is 0 Å². The third kappa shape index (κ3) is 3.37. The van der Waals surface area contributed by atoms with E-state index in [0.717, 1.165) is 35.3 Å². The molecule has 2 aromatic rings. The molecule has 5 nitrogen and oxygen atoms in total. The predicted molar refractivity (Wildman–Crippen MR) is 81.3 cm³/mol. The number of methoxy groups -OCH3 is 2. The number of hydrogen-bond donors (Lipinski definition) is 2. The lowest BCUT2D eigenvalue weighted by Crippen LogP contribution is -2.28. The summed E-state index contributed by atoms with van der Waals surface area (Å²) >= 11 is 0. The maximum Gasteiger partial charge on any atom is 0.133 e. The fourth-order valence-corrected chi connectivity index (χ4v) is 2.17. The van der Waals surface area contributed by atoms with Gasteiger partial charge in [-0.15, -0.1) is 0 Å². The number of nitrogens with one attached hydrogen (secondary N) is 1. The van der Waals surface area contributed by atoms with Crippen LogP contribution >= 0.6 is 0 Å². The van der Waals surface area contributed by atoms with Crippen LogP contribution in [-0.4, -0.2) is 38.4 Å². The summed E-state index contributed by atoms with van der Waals surface area (Å²) in [5.41, 5.74) is 5.90. The first-order valence-electron chi connectivity index (χ1n) is 6.66. The van der Waals surface area contributed by atoms with Crippen molar-refractivity contribution in [3.8, 4) is 5.75 Å². The number of anilines is 1. The van der Waals surface area contributed by atoms with E-state index in [4.69, 9.17) is 15.2 Å². The molecule has 0 bridgehead atoms. The Morgan fingerprint density at radius 2 is 2.10 bits per heavy atom. The average Bonchev–Trinajstić information content (AvgIpc) is 2.47. The van der Waals surface area contributed by atoms with E-state index >= 15 is 0 Å². The lowest BCUT2D eigenvalue weighted by molar-refractivity contribution is 0.178. The molecular formula is C15H21N3O2. The van der Waals surface area contributed by atoms with Crippen molar-refractivity contribution in [1.29, 1.82) is 0 Å². The normalized spacial score (nSPS) is 12.3. The van der Waals surface area contributed by atoms with Gasteiger partial charge in [0.2, 0.25) is 0 Å². The summed E-state index contributed by atoms with van der Waals surface area (Å²) < 4.78 is 10.4. The number of aromatic nitrogens is 1. The molecule has 1 aromatic heterocycles. The van der Waals surface area contributed by atoms with Crippen molar-refractivity contribution in [3.63, 3.8) is 0 Å². The first kappa shape index (κ1) is 14.6. The number of rotatable bonds is 7. The molecule has 0 spiro atoms. The third-order valence-corrected chi connectivity index (χ3v) is 3.17. The van der Waals surface area contributed by atoms with Gasteiger partial charge in [0.1, 0.15) is 11.6 Å². The summed E-state index contributed by atoms with van der Waals surface area (Å²) in [7, 11) is 3.33. The predicted octanol–water partition coefficient (Wildman–Crippen LogP) is 2.02. The van der Waals surface area contributed by atoms with Crippen LogP contribution < -0.4 is 15.8 Å². The van der Waals surface area contributed by atoms with Crippen LogP contribution in [0.5, 0.6) is 5.75 Å². The number of nitrogens with zero attached hydrogens (tertiary/aromatic N) is 1. The number of fused-ring (bicyclic) bond motifs is 1. The molecule has 3 N–H and O–H groups in total. The molecule has 0 radical (unpaired) electrons. The monoisotopic (exact) mass is 275 g/mol. The van der Waals surface area contributed by atoms with E-state index in [0.29, 0.717) is 6.61 Å². The molecule has 1 heterocycles. The third-order valence-electron chi connectivity index (χ3n) is 3.17. The van der Waals surface area contributed by atoms with Gasteiger partial charge in [-0.25, -0.2) is 4.98 Å². The zero-order valence-corrected chi connectivity index (χ0v) is 11.9. The Bertz CT molecular complexity index is 560. The van der Waals surface area contributed by atoms with E-state index in [2.05, 4.69) is 10.3 Å². The molecule has 1 aromatic carbocycles. The van der Waals surface area contributed by atoms with Crippen LogP contribution in [0.25, 0.3) is 10.8 Å². The van der Waals surface area contributed by atoms with E-state index in [1.807, 2.05) is 24.3 Å². The van der Waals surface area contributed by atoms with E-state index in [-0.39, 0.29) is 6.04 Å². The maximum absolute atomic E-state index is 5.90. The van der Waals surface area contributed by atoms with Gasteiger partial charge in [-0.2, -0.15) is 0 Å². The van der Waals surface area contributed by atoms with Gasteiger partial charge in [0, 0.05) is 36.7 Å². The van der Waals surface area contributed by atoms with Gasteiger partial charge in [-0.3, -0.25) is 0 Å². The fraction of sp³-hybridized carbons (Fsp3) is 0.400. The van der Waals surface area contributed by atoms with Crippen molar-refractivity contribution in [3.05, 3.63) is 30.5 Å². The largest absolute Gasteiger partial charge is 0.496 e. The van der Waals surface area contributed by atoms with Crippen molar-refractivity contribution in [2.75, 3.05) is 32.7 Å². The van der Waals surface area contributed by atoms with Crippen molar-refractivity contribution < 1.29 is 9.47 Å². The molecule has 0 aliphatic heterocycles. The van der Waals surface area contributed by atoms with Gasteiger partial charge in [0.15, 0.2) is 0 Å². The molecule has 0 saturated carbocycles. The molecule has 108 valence electrons.